The number of fused-ring (bicyclic) bond motifs is 1. The van der Waals surface area contributed by atoms with Crippen molar-refractivity contribution in [2.45, 2.75) is 6.54 Å². The monoisotopic (exact) mass is 243 g/mol. The number of nitrogens with zero attached hydrogens (tertiary/aromatic N) is 4. The van der Waals surface area contributed by atoms with Gasteiger partial charge in [-0.25, -0.2) is 15.0 Å². The van der Waals surface area contributed by atoms with Gasteiger partial charge >= 0.3 is 0 Å². The first-order chi connectivity index (χ1) is 7.47. The smallest absolute Gasteiger partial charge is 0.266 e. The van der Waals surface area contributed by atoms with Gasteiger partial charge in [0.2, 0.25) is 0 Å². The summed E-state index contributed by atoms with van der Waals surface area (Å²) in [7, 11) is -4.00. The fraction of sp³-hybridized carbons (Fsp3) is 0.286. The number of aromatic nitrogens is 4. The number of rotatable bonds is 3. The molecule has 0 unspecified atom stereocenters. The molecule has 0 saturated carbocycles. The van der Waals surface area contributed by atoms with Gasteiger partial charge in [-0.2, -0.15) is 8.42 Å². The van der Waals surface area contributed by atoms with Crippen LogP contribution in [0.3, 0.4) is 0 Å². The van der Waals surface area contributed by atoms with Gasteiger partial charge in [0, 0.05) is 6.54 Å². The van der Waals surface area contributed by atoms with Crippen LogP contribution in [0.25, 0.3) is 11.2 Å². The van der Waals surface area contributed by atoms with Gasteiger partial charge in [-0.15, -0.1) is 0 Å². The number of imidazole rings is 1. The van der Waals surface area contributed by atoms with Crippen molar-refractivity contribution < 1.29 is 13.0 Å². The topological polar surface area (TPSA) is 124 Å². The van der Waals surface area contributed by atoms with Crippen LogP contribution in [0.5, 0.6) is 0 Å². The predicted molar refractivity (Wildman–Crippen MR) is 56.2 cm³/mol. The maximum absolute atomic E-state index is 10.6. The van der Waals surface area contributed by atoms with E-state index in [2.05, 4.69) is 15.0 Å². The fourth-order valence-electron chi connectivity index (χ4n) is 1.28. The number of anilines is 1. The Morgan fingerprint density at radius 1 is 1.38 bits per heavy atom. The molecule has 0 aromatic carbocycles. The third kappa shape index (κ3) is 2.09. The number of hydrogen-bond acceptors (Lipinski definition) is 6. The largest absolute Gasteiger partial charge is 0.382 e. The van der Waals surface area contributed by atoms with Gasteiger partial charge in [0.15, 0.2) is 11.5 Å². The summed E-state index contributed by atoms with van der Waals surface area (Å²) in [6.07, 6.45) is 2.67. The summed E-state index contributed by atoms with van der Waals surface area (Å²) in [6.45, 7) is 0.0613. The van der Waals surface area contributed by atoms with Crippen LogP contribution in [0.15, 0.2) is 12.7 Å². The van der Waals surface area contributed by atoms with E-state index in [-0.39, 0.29) is 12.4 Å². The normalized spacial score (nSPS) is 12.1. The van der Waals surface area contributed by atoms with Crippen molar-refractivity contribution in [2.24, 2.45) is 0 Å². The molecule has 0 aliphatic heterocycles. The van der Waals surface area contributed by atoms with Crippen molar-refractivity contribution in [3.63, 3.8) is 0 Å². The summed E-state index contributed by atoms with van der Waals surface area (Å²) in [5.74, 6) is -0.168. The minimum atomic E-state index is -4.00. The molecule has 0 spiro atoms. The molecule has 0 aliphatic carbocycles. The van der Waals surface area contributed by atoms with E-state index in [9.17, 15) is 8.42 Å². The second-order valence-corrected chi connectivity index (χ2v) is 4.73. The van der Waals surface area contributed by atoms with Crippen LogP contribution in [-0.4, -0.2) is 38.2 Å². The first-order valence-corrected chi connectivity index (χ1v) is 5.95. The molecule has 9 heteroatoms. The zero-order chi connectivity index (χ0) is 11.8. The highest BCUT2D eigenvalue weighted by Crippen LogP contribution is 2.13. The number of aryl methyl sites for hydroxylation is 1. The second kappa shape index (κ2) is 3.68. The van der Waals surface area contributed by atoms with Crippen molar-refractivity contribution in [3.05, 3.63) is 12.7 Å². The molecule has 0 aliphatic rings. The highest BCUT2D eigenvalue weighted by atomic mass is 32.2. The Morgan fingerprint density at radius 3 is 2.81 bits per heavy atom. The van der Waals surface area contributed by atoms with E-state index in [1.807, 2.05) is 0 Å². The summed E-state index contributed by atoms with van der Waals surface area (Å²) in [5, 5.41) is 0. The van der Waals surface area contributed by atoms with Crippen LogP contribution < -0.4 is 5.73 Å². The summed E-state index contributed by atoms with van der Waals surface area (Å²) in [5.41, 5.74) is 6.41. The molecular formula is C7H9N5O3S. The van der Waals surface area contributed by atoms with Crippen molar-refractivity contribution in [1.29, 1.82) is 0 Å². The van der Waals surface area contributed by atoms with Crippen molar-refractivity contribution >= 4 is 27.1 Å². The first-order valence-electron chi connectivity index (χ1n) is 4.34. The summed E-state index contributed by atoms with van der Waals surface area (Å²) < 4.78 is 31.3. The van der Waals surface area contributed by atoms with Crippen LogP contribution in [0.1, 0.15) is 0 Å². The number of hydrogen-bond donors (Lipinski definition) is 2. The Hall–Kier alpha value is -1.74. The van der Waals surface area contributed by atoms with E-state index in [0.29, 0.717) is 11.2 Å². The van der Waals surface area contributed by atoms with Crippen molar-refractivity contribution in [1.82, 2.24) is 19.5 Å². The SMILES string of the molecule is Nc1ncnc2c1ncn2CCS(=O)(=O)O. The molecular weight excluding hydrogens is 234 g/mol. The Balaban J connectivity index is 2.36. The van der Waals surface area contributed by atoms with Crippen molar-refractivity contribution in [2.75, 3.05) is 11.5 Å². The molecule has 86 valence electrons. The maximum atomic E-state index is 10.6. The highest BCUT2D eigenvalue weighted by molar-refractivity contribution is 7.85. The number of nitrogens with two attached hydrogens (primary N) is 1. The lowest BCUT2D eigenvalue weighted by Crippen LogP contribution is -2.11. The second-order valence-electron chi connectivity index (χ2n) is 3.16. The van der Waals surface area contributed by atoms with E-state index in [1.165, 1.54) is 17.2 Å². The van der Waals surface area contributed by atoms with Crippen LogP contribution >= 0.6 is 0 Å². The minimum absolute atomic E-state index is 0.0613. The third-order valence-electron chi connectivity index (χ3n) is 2.02. The van der Waals surface area contributed by atoms with E-state index >= 15 is 0 Å². The van der Waals surface area contributed by atoms with Gasteiger partial charge in [0.05, 0.1) is 12.1 Å². The van der Waals surface area contributed by atoms with Crippen LogP contribution in [0.4, 0.5) is 5.82 Å². The highest BCUT2D eigenvalue weighted by Gasteiger charge is 2.10. The molecule has 2 heterocycles. The standard InChI is InChI=1S/C7H9N5O3S/c8-6-5-7(10-3-9-6)12(4-11-5)1-2-16(13,14)15/h3-4H,1-2H2,(H2,8,9,10)(H,13,14,15). The maximum Gasteiger partial charge on any atom is 0.266 e. The molecule has 0 fully saturated rings. The molecule has 16 heavy (non-hydrogen) atoms. The summed E-state index contributed by atoms with van der Waals surface area (Å²) in [6, 6.07) is 0. The predicted octanol–water partition coefficient (Wildman–Crippen LogP) is -0.704. The van der Waals surface area contributed by atoms with Crippen molar-refractivity contribution in [3.8, 4) is 0 Å². The van der Waals surface area contributed by atoms with Crippen LogP contribution in [0, 0.1) is 0 Å². The van der Waals surface area contributed by atoms with Gasteiger partial charge in [0.1, 0.15) is 11.8 Å². The molecule has 0 saturated heterocycles. The van der Waals surface area contributed by atoms with Gasteiger partial charge in [-0.05, 0) is 0 Å². The fourth-order valence-corrected chi connectivity index (χ4v) is 1.70. The molecule has 0 amide bonds. The molecule has 2 rings (SSSR count). The van der Waals surface area contributed by atoms with Crippen LogP contribution in [-0.2, 0) is 16.7 Å². The van der Waals surface area contributed by atoms with Gasteiger partial charge < -0.3 is 10.3 Å². The Bertz CT molecular complexity index is 620. The Labute approximate surface area is 90.9 Å². The first kappa shape index (κ1) is 10.8. The number of nitrogen functional groups attached to an aromatic ring is 1. The van der Waals surface area contributed by atoms with Gasteiger partial charge in [-0.1, -0.05) is 0 Å². The molecule has 0 bridgehead atoms. The molecule has 0 atom stereocenters. The third-order valence-corrected chi connectivity index (χ3v) is 2.72. The Morgan fingerprint density at radius 2 is 2.12 bits per heavy atom. The zero-order valence-electron chi connectivity index (χ0n) is 8.11. The zero-order valence-corrected chi connectivity index (χ0v) is 8.92. The molecule has 3 N–H and O–H groups in total. The van der Waals surface area contributed by atoms with Gasteiger partial charge in [-0.3, -0.25) is 4.55 Å². The van der Waals surface area contributed by atoms with Gasteiger partial charge in [0.25, 0.3) is 10.1 Å². The summed E-state index contributed by atoms with van der Waals surface area (Å²) in [4.78, 5) is 11.6. The lowest BCUT2D eigenvalue weighted by Gasteiger charge is -2.01. The molecule has 2 aromatic heterocycles. The van der Waals surface area contributed by atoms with E-state index in [1.54, 1.807) is 0 Å². The molecule has 8 nitrogen and oxygen atoms in total. The average Bonchev–Trinajstić information content (AvgIpc) is 2.58. The van der Waals surface area contributed by atoms with E-state index in [0.717, 1.165) is 0 Å². The summed E-state index contributed by atoms with van der Waals surface area (Å²) >= 11 is 0. The lowest BCUT2D eigenvalue weighted by atomic mass is 10.5. The molecule has 0 radical (unpaired) electrons. The lowest BCUT2D eigenvalue weighted by molar-refractivity contribution is 0.479. The molecule has 2 aromatic rings. The quantitative estimate of drug-likeness (QED) is 0.682. The average molecular weight is 243 g/mol. The van der Waals surface area contributed by atoms with E-state index in [4.69, 9.17) is 10.3 Å². The van der Waals surface area contributed by atoms with E-state index < -0.39 is 15.9 Å². The van der Waals surface area contributed by atoms with Crippen LogP contribution in [0.2, 0.25) is 0 Å². The minimum Gasteiger partial charge on any atom is -0.382 e. The Kier molecular flexibility index (Phi) is 2.48.